The molecule has 0 heterocycles. The van der Waals surface area contributed by atoms with Crippen LogP contribution >= 0.6 is 0 Å². The average molecular weight is 254 g/mol. The molecule has 1 N–H and O–H groups in total. The lowest BCUT2D eigenvalue weighted by Gasteiger charge is -2.06. The number of hydrogen-bond acceptors (Lipinski definition) is 3. The van der Waals surface area contributed by atoms with Gasteiger partial charge >= 0.3 is 0 Å². The van der Waals surface area contributed by atoms with Gasteiger partial charge in [0.1, 0.15) is 11.9 Å². The van der Waals surface area contributed by atoms with Crippen molar-refractivity contribution in [2.24, 2.45) is 0 Å². The van der Waals surface area contributed by atoms with Crippen LogP contribution in [0.5, 0.6) is 0 Å². The average Bonchev–Trinajstić information content (AvgIpc) is 2.36. The van der Waals surface area contributed by atoms with Gasteiger partial charge in [0.15, 0.2) is 0 Å². The van der Waals surface area contributed by atoms with Gasteiger partial charge in [-0.15, -0.1) is 0 Å². The van der Waals surface area contributed by atoms with E-state index < -0.39 is 16.6 Å². The molecule has 1 unspecified atom stereocenters. The van der Waals surface area contributed by atoms with E-state index in [9.17, 15) is 8.60 Å². The van der Waals surface area contributed by atoms with Gasteiger partial charge in [0.05, 0.1) is 5.56 Å². The lowest BCUT2D eigenvalue weighted by Crippen LogP contribution is -2.21. The Morgan fingerprint density at radius 1 is 1.53 bits per heavy atom. The Morgan fingerprint density at radius 2 is 2.29 bits per heavy atom. The number of benzene rings is 1. The van der Waals surface area contributed by atoms with Crippen LogP contribution in [0.3, 0.4) is 0 Å². The number of halogens is 1. The molecule has 0 amide bonds. The van der Waals surface area contributed by atoms with Crippen LogP contribution in [-0.2, 0) is 17.3 Å². The first-order valence-electron chi connectivity index (χ1n) is 5.42. The van der Waals surface area contributed by atoms with Crippen LogP contribution in [0.15, 0.2) is 18.2 Å². The standard InChI is InChI=1S/C12H15FN2OS/c1-2-17(16)7-6-15-9-11-5-3-4-10(8-14)12(11)13/h3-5,15H,2,6-7,9H2,1H3. The van der Waals surface area contributed by atoms with Gasteiger partial charge in [0.2, 0.25) is 0 Å². The molecular formula is C12H15FN2OS. The molecule has 92 valence electrons. The van der Waals surface area contributed by atoms with E-state index in [1.54, 1.807) is 18.2 Å². The van der Waals surface area contributed by atoms with Crippen molar-refractivity contribution in [3.05, 3.63) is 35.1 Å². The minimum atomic E-state index is -0.805. The lowest BCUT2D eigenvalue weighted by molar-refractivity contribution is 0.590. The van der Waals surface area contributed by atoms with Crippen LogP contribution in [0.2, 0.25) is 0 Å². The first-order valence-corrected chi connectivity index (χ1v) is 6.91. The molecule has 0 aliphatic heterocycles. The molecule has 0 saturated heterocycles. The van der Waals surface area contributed by atoms with E-state index in [-0.39, 0.29) is 5.56 Å². The smallest absolute Gasteiger partial charge is 0.145 e. The van der Waals surface area contributed by atoms with E-state index in [4.69, 9.17) is 5.26 Å². The molecule has 17 heavy (non-hydrogen) atoms. The quantitative estimate of drug-likeness (QED) is 0.784. The predicted molar refractivity (Wildman–Crippen MR) is 66.4 cm³/mol. The zero-order valence-corrected chi connectivity index (χ0v) is 10.5. The van der Waals surface area contributed by atoms with Crippen molar-refractivity contribution in [2.45, 2.75) is 13.5 Å². The van der Waals surface area contributed by atoms with Crippen molar-refractivity contribution in [2.75, 3.05) is 18.1 Å². The van der Waals surface area contributed by atoms with Crippen molar-refractivity contribution in [1.82, 2.24) is 5.32 Å². The maximum Gasteiger partial charge on any atom is 0.145 e. The highest BCUT2D eigenvalue weighted by atomic mass is 32.2. The number of hydrogen-bond donors (Lipinski definition) is 1. The second-order valence-electron chi connectivity index (χ2n) is 3.50. The molecule has 0 aliphatic rings. The summed E-state index contributed by atoms with van der Waals surface area (Å²) in [5.74, 6) is 0.731. The van der Waals surface area contributed by atoms with Gasteiger partial charge in [-0.1, -0.05) is 19.1 Å². The summed E-state index contributed by atoms with van der Waals surface area (Å²) >= 11 is 0. The number of nitrogens with one attached hydrogen (secondary N) is 1. The Morgan fingerprint density at radius 3 is 2.94 bits per heavy atom. The molecule has 3 nitrogen and oxygen atoms in total. The molecule has 5 heteroatoms. The Bertz CT molecular complexity index is 443. The molecule has 0 saturated carbocycles. The Labute approximate surface area is 103 Å². The maximum atomic E-state index is 13.6. The van der Waals surface area contributed by atoms with E-state index in [0.29, 0.717) is 30.2 Å². The lowest BCUT2D eigenvalue weighted by atomic mass is 10.1. The summed E-state index contributed by atoms with van der Waals surface area (Å²) in [6, 6.07) is 6.55. The first kappa shape index (κ1) is 13.8. The van der Waals surface area contributed by atoms with Gasteiger partial charge in [0.25, 0.3) is 0 Å². The van der Waals surface area contributed by atoms with Crippen molar-refractivity contribution < 1.29 is 8.60 Å². The zero-order valence-electron chi connectivity index (χ0n) is 9.70. The summed E-state index contributed by atoms with van der Waals surface area (Å²) in [7, 11) is -0.805. The molecule has 0 radical (unpaired) electrons. The summed E-state index contributed by atoms with van der Waals surface area (Å²) in [6.45, 7) is 2.80. The third-order valence-corrected chi connectivity index (χ3v) is 3.65. The highest BCUT2D eigenvalue weighted by Crippen LogP contribution is 2.11. The minimum absolute atomic E-state index is 0.0569. The SMILES string of the molecule is CCS(=O)CCNCc1cccc(C#N)c1F. The van der Waals surface area contributed by atoms with Gasteiger partial charge in [-0.05, 0) is 6.07 Å². The monoisotopic (exact) mass is 254 g/mol. The second kappa shape index (κ2) is 7.15. The first-order chi connectivity index (χ1) is 8.19. The van der Waals surface area contributed by atoms with Crippen molar-refractivity contribution in [1.29, 1.82) is 5.26 Å². The molecular weight excluding hydrogens is 239 g/mol. The second-order valence-corrected chi connectivity index (χ2v) is 5.37. The summed E-state index contributed by atoms with van der Waals surface area (Å²) in [4.78, 5) is 0. The molecule has 0 aromatic heterocycles. The zero-order chi connectivity index (χ0) is 12.7. The fourth-order valence-electron chi connectivity index (χ4n) is 1.36. The fourth-order valence-corrected chi connectivity index (χ4v) is 2.02. The summed E-state index contributed by atoms with van der Waals surface area (Å²) in [5.41, 5.74) is 0.521. The molecule has 1 aromatic rings. The predicted octanol–water partition coefficient (Wildman–Crippen LogP) is 1.56. The highest BCUT2D eigenvalue weighted by Gasteiger charge is 2.06. The van der Waals surface area contributed by atoms with E-state index in [2.05, 4.69) is 5.32 Å². The normalized spacial score (nSPS) is 12.1. The van der Waals surface area contributed by atoms with E-state index in [0.717, 1.165) is 0 Å². The number of rotatable bonds is 6. The summed E-state index contributed by atoms with van der Waals surface area (Å²) < 4.78 is 24.7. The molecule has 1 aromatic carbocycles. The topological polar surface area (TPSA) is 52.9 Å². The molecule has 0 aliphatic carbocycles. The molecule has 1 atom stereocenters. The highest BCUT2D eigenvalue weighted by molar-refractivity contribution is 7.84. The van der Waals surface area contributed by atoms with Crippen molar-refractivity contribution in [3.8, 4) is 6.07 Å². The largest absolute Gasteiger partial charge is 0.312 e. The van der Waals surface area contributed by atoms with Gasteiger partial charge < -0.3 is 5.32 Å². The van der Waals surface area contributed by atoms with Crippen LogP contribution in [-0.4, -0.2) is 22.3 Å². The van der Waals surface area contributed by atoms with Crippen LogP contribution in [0, 0.1) is 17.1 Å². The Kier molecular flexibility index (Phi) is 5.81. The van der Waals surface area contributed by atoms with Crippen LogP contribution < -0.4 is 5.32 Å². The van der Waals surface area contributed by atoms with Crippen LogP contribution in [0.25, 0.3) is 0 Å². The summed E-state index contributed by atoms with van der Waals surface area (Å²) in [6.07, 6.45) is 0. The third kappa shape index (κ3) is 4.25. The molecule has 0 bridgehead atoms. The molecule has 1 rings (SSSR count). The molecule has 0 spiro atoms. The summed E-state index contributed by atoms with van der Waals surface area (Å²) in [5, 5.41) is 11.7. The number of nitrogens with zero attached hydrogens (tertiary/aromatic N) is 1. The van der Waals surface area contributed by atoms with Gasteiger partial charge in [0, 0.05) is 41.0 Å². The van der Waals surface area contributed by atoms with Crippen molar-refractivity contribution >= 4 is 10.8 Å². The van der Waals surface area contributed by atoms with Crippen LogP contribution in [0.1, 0.15) is 18.1 Å². The van der Waals surface area contributed by atoms with Crippen LogP contribution in [0.4, 0.5) is 4.39 Å². The maximum absolute atomic E-state index is 13.6. The van der Waals surface area contributed by atoms with Gasteiger partial charge in [-0.3, -0.25) is 4.21 Å². The molecule has 0 fully saturated rings. The minimum Gasteiger partial charge on any atom is -0.312 e. The van der Waals surface area contributed by atoms with E-state index >= 15 is 0 Å². The van der Waals surface area contributed by atoms with Crippen molar-refractivity contribution in [3.63, 3.8) is 0 Å². The Balaban J connectivity index is 2.48. The van der Waals surface area contributed by atoms with E-state index in [1.165, 1.54) is 6.07 Å². The third-order valence-electron chi connectivity index (χ3n) is 2.34. The fraction of sp³-hybridized carbons (Fsp3) is 0.417. The van der Waals surface area contributed by atoms with Gasteiger partial charge in [-0.25, -0.2) is 4.39 Å². The Hall–Kier alpha value is -1.25. The number of nitriles is 1. The van der Waals surface area contributed by atoms with Gasteiger partial charge in [-0.2, -0.15) is 5.26 Å². The van der Waals surface area contributed by atoms with E-state index in [1.807, 2.05) is 6.92 Å².